The topological polar surface area (TPSA) is 68.3 Å². The van der Waals surface area contributed by atoms with Gasteiger partial charge in [0, 0.05) is 16.5 Å². The first kappa shape index (κ1) is 18.2. The van der Waals surface area contributed by atoms with Crippen LogP contribution in [0.3, 0.4) is 0 Å². The van der Waals surface area contributed by atoms with E-state index >= 15 is 0 Å². The van der Waals surface area contributed by atoms with E-state index in [4.69, 9.17) is 4.74 Å². The highest BCUT2D eigenvalue weighted by molar-refractivity contribution is 7.93. The Labute approximate surface area is 154 Å². The number of pyridine rings is 1. The van der Waals surface area contributed by atoms with Crippen LogP contribution in [0.4, 0.5) is 5.82 Å². The van der Waals surface area contributed by atoms with Gasteiger partial charge < -0.3 is 4.74 Å². The fourth-order valence-electron chi connectivity index (χ4n) is 2.72. The molecule has 2 aromatic carbocycles. The molecule has 136 valence electrons. The number of anilines is 1. The minimum Gasteiger partial charge on any atom is -0.493 e. The summed E-state index contributed by atoms with van der Waals surface area (Å²) in [5.74, 6) is 0.999. The van der Waals surface area contributed by atoms with Gasteiger partial charge in [0.2, 0.25) is 0 Å². The van der Waals surface area contributed by atoms with Gasteiger partial charge in [-0.1, -0.05) is 43.7 Å². The molecule has 3 rings (SSSR count). The molecule has 6 heteroatoms. The monoisotopic (exact) mass is 370 g/mol. The molecule has 0 radical (unpaired) electrons. The molecular formula is C20H22N2O3S. The van der Waals surface area contributed by atoms with Gasteiger partial charge in [-0.15, -0.1) is 0 Å². The molecule has 0 aliphatic heterocycles. The van der Waals surface area contributed by atoms with E-state index in [-0.39, 0.29) is 4.90 Å². The first-order chi connectivity index (χ1) is 12.5. The number of benzene rings is 2. The number of nitrogens with zero attached hydrogens (tertiary/aromatic N) is 1. The number of fused-ring (bicyclic) bond motifs is 1. The SMILES string of the molecule is CCCCOc1ccc(S(=O)(=O)Nc2cccc(C)n2)c2ccccc12. The Morgan fingerprint density at radius 3 is 2.50 bits per heavy atom. The summed E-state index contributed by atoms with van der Waals surface area (Å²) in [6.07, 6.45) is 1.99. The lowest BCUT2D eigenvalue weighted by Crippen LogP contribution is -2.14. The summed E-state index contributed by atoms with van der Waals surface area (Å²) in [4.78, 5) is 4.42. The summed E-state index contributed by atoms with van der Waals surface area (Å²) in [7, 11) is -3.77. The highest BCUT2D eigenvalue weighted by atomic mass is 32.2. The van der Waals surface area contributed by atoms with E-state index in [1.54, 1.807) is 30.3 Å². The molecule has 1 N–H and O–H groups in total. The predicted octanol–water partition coefficient (Wildman–Crippen LogP) is 4.52. The maximum absolute atomic E-state index is 12.9. The normalized spacial score (nSPS) is 11.5. The molecule has 3 aromatic rings. The van der Waals surface area contributed by atoms with Crippen molar-refractivity contribution in [1.82, 2.24) is 4.98 Å². The molecule has 0 fully saturated rings. The molecule has 0 unspecified atom stereocenters. The van der Waals surface area contributed by atoms with Gasteiger partial charge in [-0.25, -0.2) is 13.4 Å². The van der Waals surface area contributed by atoms with Crippen LogP contribution in [0.5, 0.6) is 5.75 Å². The molecule has 0 amide bonds. The van der Waals surface area contributed by atoms with Crippen LogP contribution in [0.15, 0.2) is 59.5 Å². The van der Waals surface area contributed by atoms with E-state index in [0.29, 0.717) is 23.6 Å². The van der Waals surface area contributed by atoms with E-state index in [9.17, 15) is 8.42 Å². The van der Waals surface area contributed by atoms with Crippen LogP contribution in [-0.2, 0) is 10.0 Å². The number of unbranched alkanes of at least 4 members (excludes halogenated alkanes) is 1. The number of aromatic nitrogens is 1. The van der Waals surface area contributed by atoms with Crippen LogP contribution in [0, 0.1) is 6.92 Å². The van der Waals surface area contributed by atoms with Crippen molar-refractivity contribution in [3.8, 4) is 5.75 Å². The highest BCUT2D eigenvalue weighted by Gasteiger charge is 2.19. The van der Waals surface area contributed by atoms with E-state index in [1.165, 1.54) is 0 Å². The lowest BCUT2D eigenvalue weighted by molar-refractivity contribution is 0.313. The Hall–Kier alpha value is -2.60. The summed E-state index contributed by atoms with van der Waals surface area (Å²) >= 11 is 0. The van der Waals surface area contributed by atoms with E-state index in [0.717, 1.165) is 23.9 Å². The van der Waals surface area contributed by atoms with Gasteiger partial charge in [0.1, 0.15) is 11.6 Å². The van der Waals surface area contributed by atoms with Gasteiger partial charge in [0.05, 0.1) is 11.5 Å². The summed E-state index contributed by atoms with van der Waals surface area (Å²) in [6, 6.07) is 15.9. The van der Waals surface area contributed by atoms with Crippen molar-refractivity contribution in [2.45, 2.75) is 31.6 Å². The lowest BCUT2D eigenvalue weighted by Gasteiger charge is -2.14. The van der Waals surface area contributed by atoms with Crippen molar-refractivity contribution >= 4 is 26.6 Å². The molecule has 0 saturated carbocycles. The Balaban J connectivity index is 2.00. The van der Waals surface area contributed by atoms with Crippen molar-refractivity contribution in [1.29, 1.82) is 0 Å². The molecule has 5 nitrogen and oxygen atoms in total. The van der Waals surface area contributed by atoms with Crippen molar-refractivity contribution in [3.63, 3.8) is 0 Å². The average molecular weight is 370 g/mol. The van der Waals surface area contributed by atoms with Gasteiger partial charge in [-0.2, -0.15) is 0 Å². The smallest absolute Gasteiger partial charge is 0.263 e. The third kappa shape index (κ3) is 3.96. The molecule has 0 aliphatic carbocycles. The fraction of sp³-hybridized carbons (Fsp3) is 0.250. The highest BCUT2D eigenvalue weighted by Crippen LogP contribution is 2.32. The Morgan fingerprint density at radius 2 is 1.77 bits per heavy atom. The number of hydrogen-bond donors (Lipinski definition) is 1. The molecule has 0 atom stereocenters. The standard InChI is InChI=1S/C20H22N2O3S/c1-3-4-14-25-18-12-13-19(17-10-6-5-9-16(17)18)26(23,24)22-20-11-7-8-15(2)21-20/h5-13H,3-4,14H2,1-2H3,(H,21,22). The minimum absolute atomic E-state index is 0.208. The third-order valence-electron chi connectivity index (χ3n) is 4.02. The number of rotatable bonds is 7. The van der Waals surface area contributed by atoms with Gasteiger partial charge in [-0.3, -0.25) is 4.72 Å². The van der Waals surface area contributed by atoms with Crippen LogP contribution in [0.1, 0.15) is 25.5 Å². The molecule has 26 heavy (non-hydrogen) atoms. The lowest BCUT2D eigenvalue weighted by atomic mass is 10.1. The summed E-state index contributed by atoms with van der Waals surface area (Å²) in [5.41, 5.74) is 0.745. The van der Waals surface area contributed by atoms with Crippen LogP contribution in [0.25, 0.3) is 10.8 Å². The molecule has 1 heterocycles. The van der Waals surface area contributed by atoms with Gasteiger partial charge in [0.25, 0.3) is 10.0 Å². The second-order valence-corrected chi connectivity index (χ2v) is 7.73. The second-order valence-electron chi connectivity index (χ2n) is 6.08. The number of sulfonamides is 1. The minimum atomic E-state index is -3.77. The van der Waals surface area contributed by atoms with Crippen LogP contribution in [0.2, 0.25) is 0 Å². The van der Waals surface area contributed by atoms with Crippen molar-refractivity contribution in [2.75, 3.05) is 11.3 Å². The quantitative estimate of drug-likeness (QED) is 0.621. The molecule has 0 spiro atoms. The summed E-state index contributed by atoms with van der Waals surface area (Å²) in [6.45, 7) is 4.52. The zero-order valence-electron chi connectivity index (χ0n) is 14.9. The van der Waals surface area contributed by atoms with Gasteiger partial charge in [0.15, 0.2) is 0 Å². The van der Waals surface area contributed by atoms with Crippen molar-refractivity contribution < 1.29 is 13.2 Å². The largest absolute Gasteiger partial charge is 0.493 e. The number of aryl methyl sites for hydroxylation is 1. The van der Waals surface area contributed by atoms with Crippen molar-refractivity contribution in [2.24, 2.45) is 0 Å². The molecule has 1 aromatic heterocycles. The molecular weight excluding hydrogens is 348 g/mol. The Morgan fingerprint density at radius 1 is 1.00 bits per heavy atom. The first-order valence-electron chi connectivity index (χ1n) is 8.62. The third-order valence-corrected chi connectivity index (χ3v) is 5.43. The van der Waals surface area contributed by atoms with Crippen LogP contribution in [-0.4, -0.2) is 20.0 Å². The van der Waals surface area contributed by atoms with Gasteiger partial charge in [-0.05, 0) is 37.6 Å². The fourth-order valence-corrected chi connectivity index (χ4v) is 3.94. The van der Waals surface area contributed by atoms with Crippen molar-refractivity contribution in [3.05, 3.63) is 60.3 Å². The number of hydrogen-bond acceptors (Lipinski definition) is 4. The predicted molar refractivity (Wildman–Crippen MR) is 104 cm³/mol. The first-order valence-corrected chi connectivity index (χ1v) is 10.1. The van der Waals surface area contributed by atoms with Gasteiger partial charge >= 0.3 is 0 Å². The zero-order valence-corrected chi connectivity index (χ0v) is 15.7. The van der Waals surface area contributed by atoms with E-state index < -0.39 is 10.0 Å². The second kappa shape index (κ2) is 7.74. The Kier molecular flexibility index (Phi) is 5.42. The molecule has 0 aliphatic rings. The molecule has 0 saturated heterocycles. The van der Waals surface area contributed by atoms with Crippen LogP contribution >= 0.6 is 0 Å². The van der Waals surface area contributed by atoms with Crippen LogP contribution < -0.4 is 9.46 Å². The number of nitrogens with one attached hydrogen (secondary N) is 1. The molecule has 0 bridgehead atoms. The zero-order chi connectivity index (χ0) is 18.6. The maximum Gasteiger partial charge on any atom is 0.263 e. The summed E-state index contributed by atoms with van der Waals surface area (Å²) in [5, 5.41) is 1.41. The summed E-state index contributed by atoms with van der Waals surface area (Å²) < 4.78 is 34.2. The maximum atomic E-state index is 12.9. The Bertz CT molecular complexity index is 1020. The van der Waals surface area contributed by atoms with E-state index in [2.05, 4.69) is 16.6 Å². The van der Waals surface area contributed by atoms with E-state index in [1.807, 2.05) is 31.2 Å². The average Bonchev–Trinajstić information content (AvgIpc) is 2.61. The number of ether oxygens (including phenoxy) is 1.